The highest BCUT2D eigenvalue weighted by molar-refractivity contribution is 5.85. The minimum atomic E-state index is -1.47. The number of hydrogen-bond donors (Lipinski definition) is 2. The zero-order valence-electron chi connectivity index (χ0n) is 15.7. The summed E-state index contributed by atoms with van der Waals surface area (Å²) in [7, 11) is 1.63. The van der Waals surface area contributed by atoms with Crippen molar-refractivity contribution in [3.8, 4) is 5.75 Å². The third-order valence-electron chi connectivity index (χ3n) is 4.94. The number of carbonyl (C=O) groups is 1. The molecule has 3 aromatic rings. The summed E-state index contributed by atoms with van der Waals surface area (Å²) in [5.74, 6) is 0.242. The van der Waals surface area contributed by atoms with Crippen LogP contribution in [0.15, 0.2) is 30.9 Å². The Kier molecular flexibility index (Phi) is 4.60. The molecule has 9 heteroatoms. The second kappa shape index (κ2) is 7.08. The summed E-state index contributed by atoms with van der Waals surface area (Å²) in [6.45, 7) is 2.88. The van der Waals surface area contributed by atoms with Crippen LogP contribution in [0.5, 0.6) is 5.75 Å². The van der Waals surface area contributed by atoms with E-state index in [1.54, 1.807) is 7.11 Å². The maximum atomic E-state index is 11.9. The normalized spacial score (nSPS) is 19.1. The van der Waals surface area contributed by atoms with E-state index in [0.29, 0.717) is 43.0 Å². The van der Waals surface area contributed by atoms with E-state index in [2.05, 4.69) is 20.3 Å². The number of aliphatic carboxylic acids is 1. The topological polar surface area (TPSA) is 111 Å². The van der Waals surface area contributed by atoms with Gasteiger partial charge in [0.05, 0.1) is 13.7 Å². The molecule has 1 atom stereocenters. The van der Waals surface area contributed by atoms with Gasteiger partial charge >= 0.3 is 5.97 Å². The van der Waals surface area contributed by atoms with Crippen LogP contribution in [0, 0.1) is 6.92 Å². The van der Waals surface area contributed by atoms with Crippen molar-refractivity contribution in [3.63, 3.8) is 0 Å². The zero-order valence-corrected chi connectivity index (χ0v) is 15.7. The van der Waals surface area contributed by atoms with Gasteiger partial charge in [-0.3, -0.25) is 4.57 Å². The molecule has 0 amide bonds. The second-order valence-corrected chi connectivity index (χ2v) is 6.72. The molecule has 3 heterocycles. The van der Waals surface area contributed by atoms with Gasteiger partial charge in [-0.1, -0.05) is 17.7 Å². The number of anilines is 1. The Morgan fingerprint density at radius 3 is 2.96 bits per heavy atom. The summed E-state index contributed by atoms with van der Waals surface area (Å²) in [5.41, 5.74) is 1.54. The number of aromatic nitrogens is 4. The number of ether oxygens (including phenoxy) is 2. The number of methoxy groups -OCH3 is 1. The van der Waals surface area contributed by atoms with Crippen LogP contribution < -0.4 is 10.1 Å². The lowest BCUT2D eigenvalue weighted by atomic mass is 10.1. The fourth-order valence-corrected chi connectivity index (χ4v) is 3.54. The van der Waals surface area contributed by atoms with Gasteiger partial charge in [0.2, 0.25) is 5.72 Å². The Morgan fingerprint density at radius 1 is 1.39 bits per heavy atom. The van der Waals surface area contributed by atoms with Gasteiger partial charge in [0.15, 0.2) is 17.0 Å². The van der Waals surface area contributed by atoms with Crippen LogP contribution in [-0.4, -0.2) is 44.3 Å². The first-order valence-electron chi connectivity index (χ1n) is 8.98. The Labute approximate surface area is 161 Å². The lowest BCUT2D eigenvalue weighted by Crippen LogP contribution is -2.41. The number of aryl methyl sites for hydroxylation is 1. The van der Waals surface area contributed by atoms with Crippen molar-refractivity contribution < 1.29 is 19.4 Å². The van der Waals surface area contributed by atoms with Crippen LogP contribution in [0.2, 0.25) is 0 Å². The van der Waals surface area contributed by atoms with Gasteiger partial charge in [-0.15, -0.1) is 0 Å². The van der Waals surface area contributed by atoms with Gasteiger partial charge in [0.1, 0.15) is 18.4 Å². The van der Waals surface area contributed by atoms with Gasteiger partial charge in [0.25, 0.3) is 0 Å². The predicted molar refractivity (Wildman–Crippen MR) is 101 cm³/mol. The summed E-state index contributed by atoms with van der Waals surface area (Å²) in [6, 6.07) is 5.94. The van der Waals surface area contributed by atoms with Crippen LogP contribution in [0.3, 0.4) is 0 Å². The lowest BCUT2D eigenvalue weighted by Gasteiger charge is -2.24. The smallest absolute Gasteiger partial charge is 0.357 e. The third-order valence-corrected chi connectivity index (χ3v) is 4.94. The van der Waals surface area contributed by atoms with Gasteiger partial charge in [-0.05, 0) is 19.4 Å². The molecule has 1 saturated heterocycles. The number of imidazole rings is 1. The average molecular weight is 383 g/mol. The molecule has 0 radical (unpaired) electrons. The molecule has 146 valence electrons. The number of rotatable bonds is 6. The molecule has 2 aromatic heterocycles. The number of nitrogens with zero attached hydrogens (tertiary/aromatic N) is 4. The molecular formula is C19H21N5O4. The summed E-state index contributed by atoms with van der Waals surface area (Å²) < 4.78 is 12.5. The maximum absolute atomic E-state index is 11.9. The van der Waals surface area contributed by atoms with Crippen molar-refractivity contribution in [2.45, 2.75) is 32.0 Å². The van der Waals surface area contributed by atoms with E-state index in [-0.39, 0.29) is 0 Å². The van der Waals surface area contributed by atoms with Gasteiger partial charge in [-0.2, -0.15) is 0 Å². The molecule has 4 rings (SSSR count). The molecule has 2 N–H and O–H groups in total. The zero-order chi connectivity index (χ0) is 19.7. The van der Waals surface area contributed by atoms with Crippen molar-refractivity contribution in [1.82, 2.24) is 19.5 Å². The van der Waals surface area contributed by atoms with Crippen molar-refractivity contribution in [3.05, 3.63) is 42.0 Å². The van der Waals surface area contributed by atoms with Crippen LogP contribution >= 0.6 is 0 Å². The van der Waals surface area contributed by atoms with Crippen molar-refractivity contribution in [2.75, 3.05) is 19.0 Å². The minimum absolute atomic E-state index is 0.362. The fourth-order valence-electron chi connectivity index (χ4n) is 3.54. The monoisotopic (exact) mass is 383 g/mol. The second-order valence-electron chi connectivity index (χ2n) is 6.72. The maximum Gasteiger partial charge on any atom is 0.357 e. The lowest BCUT2D eigenvalue weighted by molar-refractivity contribution is -0.172. The Morgan fingerprint density at radius 2 is 2.25 bits per heavy atom. The SMILES string of the molecule is COc1ccc(C)cc1CNc1ncnc2c1ncn2C1(C(=O)O)CCCO1. The first-order valence-corrected chi connectivity index (χ1v) is 8.98. The quantitative estimate of drug-likeness (QED) is 0.667. The summed E-state index contributed by atoms with van der Waals surface area (Å²) in [4.78, 5) is 24.8. The number of hydrogen-bond acceptors (Lipinski definition) is 7. The molecule has 1 unspecified atom stereocenters. The van der Waals surface area contributed by atoms with Crippen molar-refractivity contribution in [1.29, 1.82) is 0 Å². The van der Waals surface area contributed by atoms with Crippen molar-refractivity contribution >= 4 is 23.0 Å². The molecule has 1 aliphatic heterocycles. The third kappa shape index (κ3) is 2.93. The average Bonchev–Trinajstić information content (AvgIpc) is 3.34. The molecule has 1 aliphatic rings. The highest BCUT2D eigenvalue weighted by Gasteiger charge is 2.46. The first-order chi connectivity index (χ1) is 13.5. The summed E-state index contributed by atoms with van der Waals surface area (Å²) in [6.07, 6.45) is 3.87. The summed E-state index contributed by atoms with van der Waals surface area (Å²) in [5, 5.41) is 13.0. The molecule has 28 heavy (non-hydrogen) atoms. The molecule has 0 spiro atoms. The summed E-state index contributed by atoms with van der Waals surface area (Å²) >= 11 is 0. The predicted octanol–water partition coefficient (Wildman–Crippen LogP) is 2.30. The van der Waals surface area contributed by atoms with E-state index in [1.165, 1.54) is 17.2 Å². The number of carboxylic acid groups (broad SMARTS) is 1. The minimum Gasteiger partial charge on any atom is -0.496 e. The van der Waals surface area contributed by atoms with E-state index in [9.17, 15) is 9.90 Å². The van der Waals surface area contributed by atoms with Crippen LogP contribution in [0.25, 0.3) is 11.2 Å². The van der Waals surface area contributed by atoms with Gasteiger partial charge in [0, 0.05) is 18.5 Å². The van der Waals surface area contributed by atoms with E-state index >= 15 is 0 Å². The first kappa shape index (κ1) is 18.2. The number of benzene rings is 1. The van der Waals surface area contributed by atoms with Gasteiger partial charge < -0.3 is 19.9 Å². The van der Waals surface area contributed by atoms with Crippen molar-refractivity contribution in [2.24, 2.45) is 0 Å². The molecule has 0 bridgehead atoms. The molecule has 1 aromatic carbocycles. The molecule has 0 aliphatic carbocycles. The standard InChI is InChI=1S/C19H21N5O4/c1-12-4-5-14(27-2)13(8-12)9-20-16-15-17(22-10-21-16)24(11-23-15)19(18(25)26)6-3-7-28-19/h4-5,8,10-11H,3,6-7,9H2,1-2H3,(H,25,26)(H,20,21,22). The Balaban J connectivity index is 1.68. The van der Waals surface area contributed by atoms with Crippen LogP contribution in [-0.2, 0) is 21.8 Å². The number of fused-ring (bicyclic) bond motifs is 1. The van der Waals surface area contributed by atoms with Crippen LogP contribution in [0.4, 0.5) is 5.82 Å². The number of carboxylic acids is 1. The van der Waals surface area contributed by atoms with E-state index in [0.717, 1.165) is 16.9 Å². The Bertz CT molecular complexity index is 1030. The van der Waals surface area contributed by atoms with E-state index < -0.39 is 11.7 Å². The molecule has 9 nitrogen and oxygen atoms in total. The molecular weight excluding hydrogens is 362 g/mol. The fraction of sp³-hybridized carbons (Fsp3) is 0.368. The molecule has 0 saturated carbocycles. The highest BCUT2D eigenvalue weighted by atomic mass is 16.5. The van der Waals surface area contributed by atoms with Crippen LogP contribution in [0.1, 0.15) is 24.0 Å². The van der Waals surface area contributed by atoms with E-state index in [1.807, 2.05) is 25.1 Å². The molecule has 1 fully saturated rings. The largest absolute Gasteiger partial charge is 0.496 e. The number of nitrogens with one attached hydrogen (secondary N) is 1. The van der Waals surface area contributed by atoms with Gasteiger partial charge in [-0.25, -0.2) is 19.7 Å². The van der Waals surface area contributed by atoms with E-state index in [4.69, 9.17) is 9.47 Å². The highest BCUT2D eigenvalue weighted by Crippen LogP contribution is 2.34. The Hall–Kier alpha value is -3.20.